The fraction of sp³-hybridized carbons (Fsp3) is 0.526. The maximum absolute atomic E-state index is 12.4. The van der Waals surface area contributed by atoms with Crippen molar-refractivity contribution in [3.8, 4) is 0 Å². The maximum atomic E-state index is 12.4. The normalized spacial score (nSPS) is 32.5. The van der Waals surface area contributed by atoms with Crippen molar-refractivity contribution in [2.75, 3.05) is 18.9 Å². The summed E-state index contributed by atoms with van der Waals surface area (Å²) in [5.41, 5.74) is 4.09. The van der Waals surface area contributed by atoms with E-state index in [9.17, 15) is 39.5 Å². The van der Waals surface area contributed by atoms with Crippen LogP contribution < -0.4 is 17.0 Å². The summed E-state index contributed by atoms with van der Waals surface area (Å²) in [6, 6.07) is 1.27. The first-order valence-corrected chi connectivity index (χ1v) is 12.9. The molecule has 5 rings (SSSR count). The molecule has 0 aliphatic carbocycles. The number of hydrogen-bond donors (Lipinski definition) is 7. The number of aromatic nitrogens is 6. The number of imidazole rings is 1. The molecule has 2 aliphatic rings. The van der Waals surface area contributed by atoms with Gasteiger partial charge in [-0.25, -0.2) is 19.3 Å². The highest BCUT2D eigenvalue weighted by molar-refractivity contribution is 7.47. The van der Waals surface area contributed by atoms with Crippen LogP contribution in [0.5, 0.6) is 0 Å². The van der Waals surface area contributed by atoms with Gasteiger partial charge >= 0.3 is 13.5 Å². The molecule has 9 atom stereocenters. The summed E-state index contributed by atoms with van der Waals surface area (Å²) >= 11 is 0. The number of fused-ring (bicyclic) bond motifs is 1. The van der Waals surface area contributed by atoms with Crippen LogP contribution in [0.25, 0.3) is 11.2 Å². The van der Waals surface area contributed by atoms with Gasteiger partial charge in [-0.3, -0.25) is 23.0 Å². The zero-order valence-electron chi connectivity index (χ0n) is 19.7. The Balaban J connectivity index is 1.19. The van der Waals surface area contributed by atoms with Crippen molar-refractivity contribution in [1.82, 2.24) is 29.1 Å². The van der Waals surface area contributed by atoms with Gasteiger partial charge in [-0.15, -0.1) is 0 Å². The molecule has 3 aromatic heterocycles. The van der Waals surface area contributed by atoms with Crippen molar-refractivity contribution in [3.63, 3.8) is 0 Å². The van der Waals surface area contributed by atoms with Gasteiger partial charge in [0.25, 0.3) is 5.56 Å². The van der Waals surface area contributed by atoms with Crippen LogP contribution in [0.3, 0.4) is 0 Å². The van der Waals surface area contributed by atoms with Crippen molar-refractivity contribution in [3.05, 3.63) is 45.8 Å². The number of rotatable bonds is 8. The van der Waals surface area contributed by atoms with Crippen molar-refractivity contribution < 1.29 is 48.4 Å². The molecule has 0 spiro atoms. The molecule has 20 heteroatoms. The summed E-state index contributed by atoms with van der Waals surface area (Å²) in [4.78, 5) is 47.7. The van der Waals surface area contributed by atoms with Gasteiger partial charge in [-0.2, -0.15) is 4.98 Å². The minimum atomic E-state index is -4.84. The standard InChI is InChI=1S/C19H24N7O12P/c20-9-1-2-25(19(32)24-9)17-13(29)11(27)7(37-17)3-35-39(33,34)36-4-8-12(28)14(30)18(38-8)26-6-23-10-15(26)21-5-22-16(10)31/h1-2,5-8,11-14,17-18,27-30H,3-4H2,(H,33,34)(H2,20,24,32)(H,21,22,31)/t7-,8-,11-,12-,13-,14-,17-,18-/m1/s1. The molecule has 0 amide bonds. The highest BCUT2D eigenvalue weighted by atomic mass is 31.2. The SMILES string of the molecule is Nc1ccn([C@@H]2O[C@H](COP(=O)(O)OC[C@H]3O[C@@H](n4cnc5c(=O)[nH]cnc54)[C@H](O)[C@@H]3O)[C@@H](O)[C@H]2O)c(=O)n1. The second-order valence-corrected chi connectivity index (χ2v) is 10.2. The molecule has 39 heavy (non-hydrogen) atoms. The summed E-state index contributed by atoms with van der Waals surface area (Å²) in [6.45, 7) is -1.45. The number of nitrogens with zero attached hydrogens (tertiary/aromatic N) is 5. The lowest BCUT2D eigenvalue weighted by Gasteiger charge is -2.20. The van der Waals surface area contributed by atoms with Crippen LogP contribution in [0.2, 0.25) is 0 Å². The molecule has 0 radical (unpaired) electrons. The van der Waals surface area contributed by atoms with Gasteiger partial charge in [-0.1, -0.05) is 0 Å². The van der Waals surface area contributed by atoms with Crippen molar-refractivity contribution in [2.45, 2.75) is 49.1 Å². The number of H-pyrrole nitrogens is 1. The molecule has 3 aromatic rings. The summed E-state index contributed by atoms with van der Waals surface area (Å²) < 4.78 is 35.3. The Morgan fingerprint density at radius 1 is 0.974 bits per heavy atom. The highest BCUT2D eigenvalue weighted by Gasteiger charge is 2.47. The molecule has 0 aromatic carbocycles. The molecule has 2 aliphatic heterocycles. The predicted molar refractivity (Wildman–Crippen MR) is 125 cm³/mol. The van der Waals surface area contributed by atoms with Gasteiger partial charge in [-0.05, 0) is 6.07 Å². The average molecular weight is 573 g/mol. The van der Waals surface area contributed by atoms with Crippen LogP contribution in [0, 0.1) is 0 Å². The predicted octanol–water partition coefficient (Wildman–Crippen LogP) is -3.67. The molecule has 2 saturated heterocycles. The van der Waals surface area contributed by atoms with Crippen LogP contribution in [-0.2, 0) is 23.1 Å². The maximum Gasteiger partial charge on any atom is 0.472 e. The number of aliphatic hydroxyl groups excluding tert-OH is 4. The Morgan fingerprint density at radius 3 is 2.15 bits per heavy atom. The van der Waals surface area contributed by atoms with Crippen molar-refractivity contribution in [1.29, 1.82) is 0 Å². The second kappa shape index (κ2) is 10.5. The number of anilines is 1. The Kier molecular flexibility index (Phi) is 7.37. The van der Waals surface area contributed by atoms with Gasteiger partial charge in [0.2, 0.25) is 0 Å². The Bertz CT molecular complexity index is 1510. The van der Waals surface area contributed by atoms with Crippen LogP contribution in [0.1, 0.15) is 12.5 Å². The number of ether oxygens (including phenoxy) is 2. The smallest absolute Gasteiger partial charge is 0.387 e. The number of phosphoric acid groups is 1. The number of nitrogens with one attached hydrogen (secondary N) is 1. The van der Waals surface area contributed by atoms with E-state index in [4.69, 9.17) is 24.3 Å². The minimum absolute atomic E-state index is 0.0306. The summed E-state index contributed by atoms with van der Waals surface area (Å²) in [5, 5.41) is 41.4. The third-order valence-corrected chi connectivity index (χ3v) is 7.19. The number of aliphatic hydroxyl groups is 4. The van der Waals surface area contributed by atoms with E-state index in [0.717, 1.165) is 10.9 Å². The largest absolute Gasteiger partial charge is 0.472 e. The van der Waals surface area contributed by atoms with E-state index in [-0.39, 0.29) is 17.0 Å². The van der Waals surface area contributed by atoms with Gasteiger partial charge in [0, 0.05) is 6.20 Å². The zero-order valence-corrected chi connectivity index (χ0v) is 20.6. The minimum Gasteiger partial charge on any atom is -0.387 e. The van der Waals surface area contributed by atoms with Gasteiger partial charge in [0.15, 0.2) is 23.6 Å². The first-order valence-electron chi connectivity index (χ1n) is 11.4. The molecule has 5 heterocycles. The first kappa shape index (κ1) is 27.5. The molecule has 0 saturated carbocycles. The van der Waals surface area contributed by atoms with E-state index in [1.165, 1.54) is 23.2 Å². The quantitative estimate of drug-likeness (QED) is 0.128. The monoisotopic (exact) mass is 573 g/mol. The number of nitrogen functional groups attached to an aromatic ring is 1. The number of phosphoric ester groups is 1. The lowest BCUT2D eigenvalue weighted by atomic mass is 10.1. The number of aromatic amines is 1. The lowest BCUT2D eigenvalue weighted by Crippen LogP contribution is -2.36. The van der Waals surface area contributed by atoms with Crippen LogP contribution in [0.15, 0.2) is 34.5 Å². The number of hydrogen-bond acceptors (Lipinski definition) is 15. The topological polar surface area (TPSA) is 280 Å². The summed E-state index contributed by atoms with van der Waals surface area (Å²) in [5.74, 6) is -0.0666. The summed E-state index contributed by atoms with van der Waals surface area (Å²) in [6.07, 6.45) is -8.11. The van der Waals surface area contributed by atoms with Gasteiger partial charge in [0.05, 0.1) is 25.9 Å². The molecular formula is C19H24N7O12P. The fourth-order valence-corrected chi connectivity index (χ4v) is 4.98. The summed E-state index contributed by atoms with van der Waals surface area (Å²) in [7, 11) is -4.84. The zero-order chi connectivity index (χ0) is 28.1. The molecule has 8 N–H and O–H groups in total. The first-order chi connectivity index (χ1) is 18.5. The fourth-order valence-electron chi connectivity index (χ4n) is 4.23. The van der Waals surface area contributed by atoms with Gasteiger partial charge in [0.1, 0.15) is 42.4 Å². The molecular weight excluding hydrogens is 549 g/mol. The lowest BCUT2D eigenvalue weighted by molar-refractivity contribution is -0.0626. The van der Waals surface area contributed by atoms with Crippen molar-refractivity contribution in [2.24, 2.45) is 0 Å². The average Bonchev–Trinajstić information content (AvgIpc) is 3.53. The third-order valence-electron chi connectivity index (χ3n) is 6.24. The molecule has 0 bridgehead atoms. The molecule has 19 nitrogen and oxygen atoms in total. The van der Waals surface area contributed by atoms with Crippen LogP contribution >= 0.6 is 7.82 Å². The van der Waals surface area contributed by atoms with Crippen molar-refractivity contribution >= 4 is 24.8 Å². The van der Waals surface area contributed by atoms with E-state index in [1.807, 2.05) is 0 Å². The van der Waals surface area contributed by atoms with E-state index in [2.05, 4.69) is 19.9 Å². The molecule has 212 valence electrons. The van der Waals surface area contributed by atoms with Crippen LogP contribution in [-0.4, -0.2) is 104 Å². The Labute approximate surface area is 216 Å². The number of nitrogens with two attached hydrogens (primary N) is 1. The molecule has 1 unspecified atom stereocenters. The van der Waals surface area contributed by atoms with Gasteiger partial charge < -0.3 is 45.5 Å². The third kappa shape index (κ3) is 5.24. The van der Waals surface area contributed by atoms with E-state index in [0.29, 0.717) is 0 Å². The second-order valence-electron chi connectivity index (χ2n) is 8.75. The Hall–Kier alpha value is -3.10. The van der Waals surface area contributed by atoms with E-state index < -0.39 is 81.4 Å². The molecule has 2 fully saturated rings. The Morgan fingerprint density at radius 2 is 1.56 bits per heavy atom. The highest BCUT2D eigenvalue weighted by Crippen LogP contribution is 2.45. The van der Waals surface area contributed by atoms with E-state index >= 15 is 0 Å². The van der Waals surface area contributed by atoms with E-state index in [1.54, 1.807) is 0 Å². The van der Waals surface area contributed by atoms with Crippen LogP contribution in [0.4, 0.5) is 5.82 Å².